The molecule has 2 fully saturated rings. The number of sulfonamides is 1. The summed E-state index contributed by atoms with van der Waals surface area (Å²) in [4.78, 5) is 0. The SMILES string of the molecule is CN(CC1(O)CCNC1)S(=O)(=O)C1CCOCC1. The Morgan fingerprint density at radius 2 is 2.11 bits per heavy atom. The van der Waals surface area contributed by atoms with Crippen LogP contribution in [0.2, 0.25) is 0 Å². The summed E-state index contributed by atoms with van der Waals surface area (Å²) < 4.78 is 31.2. The van der Waals surface area contributed by atoms with Crippen molar-refractivity contribution in [2.24, 2.45) is 0 Å². The summed E-state index contributed by atoms with van der Waals surface area (Å²) in [7, 11) is -1.77. The highest BCUT2D eigenvalue weighted by molar-refractivity contribution is 7.89. The van der Waals surface area contributed by atoms with Crippen molar-refractivity contribution in [2.75, 3.05) is 39.9 Å². The Balaban J connectivity index is 2.00. The van der Waals surface area contributed by atoms with E-state index >= 15 is 0 Å². The zero-order valence-electron chi connectivity index (χ0n) is 10.8. The van der Waals surface area contributed by atoms with Crippen LogP contribution in [0.4, 0.5) is 0 Å². The standard InChI is InChI=1S/C11H22N2O4S/c1-13(9-11(14)4-5-12-8-11)18(15,16)10-2-6-17-7-3-10/h10,12,14H,2-9H2,1H3. The Morgan fingerprint density at radius 1 is 1.44 bits per heavy atom. The van der Waals surface area contributed by atoms with Gasteiger partial charge in [0.1, 0.15) is 0 Å². The largest absolute Gasteiger partial charge is 0.387 e. The second-order valence-electron chi connectivity index (χ2n) is 5.26. The maximum absolute atomic E-state index is 12.4. The minimum atomic E-state index is -3.32. The molecule has 2 heterocycles. The first-order valence-electron chi connectivity index (χ1n) is 6.40. The molecule has 0 amide bonds. The average molecular weight is 278 g/mol. The molecule has 18 heavy (non-hydrogen) atoms. The molecule has 6 nitrogen and oxygen atoms in total. The zero-order valence-corrected chi connectivity index (χ0v) is 11.6. The molecule has 0 aromatic rings. The van der Waals surface area contributed by atoms with E-state index in [0.29, 0.717) is 39.0 Å². The van der Waals surface area contributed by atoms with Crippen molar-refractivity contribution in [1.29, 1.82) is 0 Å². The van der Waals surface area contributed by atoms with Gasteiger partial charge < -0.3 is 15.2 Å². The van der Waals surface area contributed by atoms with Crippen molar-refractivity contribution in [2.45, 2.75) is 30.1 Å². The first-order valence-corrected chi connectivity index (χ1v) is 7.90. The maximum atomic E-state index is 12.4. The molecule has 1 atom stereocenters. The third-order valence-electron chi connectivity index (χ3n) is 3.76. The van der Waals surface area contributed by atoms with E-state index in [-0.39, 0.29) is 11.8 Å². The lowest BCUT2D eigenvalue weighted by molar-refractivity contribution is 0.0453. The summed E-state index contributed by atoms with van der Waals surface area (Å²) in [6, 6.07) is 0. The van der Waals surface area contributed by atoms with Crippen LogP contribution in [-0.4, -0.2) is 68.6 Å². The molecule has 0 aliphatic carbocycles. The molecule has 7 heteroatoms. The van der Waals surface area contributed by atoms with Gasteiger partial charge in [0.15, 0.2) is 0 Å². The Hall–Kier alpha value is -0.210. The number of rotatable bonds is 4. The normalized spacial score (nSPS) is 31.1. The molecule has 0 bridgehead atoms. The number of β-amino-alcohol motifs (C(OH)–C–C–N with tert-alkyl or cyclic N) is 1. The van der Waals surface area contributed by atoms with E-state index in [9.17, 15) is 13.5 Å². The number of likely N-dealkylation sites (N-methyl/N-ethyl adjacent to an activating group) is 1. The zero-order chi connectivity index (χ0) is 13.2. The van der Waals surface area contributed by atoms with Crippen LogP contribution < -0.4 is 5.32 Å². The van der Waals surface area contributed by atoms with Gasteiger partial charge in [-0.1, -0.05) is 0 Å². The van der Waals surface area contributed by atoms with Gasteiger partial charge in [0, 0.05) is 33.4 Å². The lowest BCUT2D eigenvalue weighted by Crippen LogP contribution is -2.48. The molecule has 0 saturated carbocycles. The number of aliphatic hydroxyl groups is 1. The molecule has 2 rings (SSSR count). The van der Waals surface area contributed by atoms with Crippen LogP contribution in [0.25, 0.3) is 0 Å². The van der Waals surface area contributed by atoms with Gasteiger partial charge in [0.05, 0.1) is 10.9 Å². The minimum Gasteiger partial charge on any atom is -0.387 e. The Kier molecular flexibility index (Phi) is 4.28. The summed E-state index contributed by atoms with van der Waals surface area (Å²) in [6.07, 6.45) is 1.69. The van der Waals surface area contributed by atoms with Crippen molar-refractivity contribution in [1.82, 2.24) is 9.62 Å². The first kappa shape index (κ1) is 14.2. The van der Waals surface area contributed by atoms with Crippen molar-refractivity contribution in [3.63, 3.8) is 0 Å². The quantitative estimate of drug-likeness (QED) is 0.700. The van der Waals surface area contributed by atoms with Crippen LogP contribution in [0.3, 0.4) is 0 Å². The van der Waals surface area contributed by atoms with Gasteiger partial charge in [-0.25, -0.2) is 12.7 Å². The molecule has 0 spiro atoms. The summed E-state index contributed by atoms with van der Waals surface area (Å²) in [6.45, 7) is 2.37. The smallest absolute Gasteiger partial charge is 0.217 e. The Bertz CT molecular complexity index is 373. The molecule has 2 aliphatic heterocycles. The van der Waals surface area contributed by atoms with E-state index in [2.05, 4.69) is 5.32 Å². The highest BCUT2D eigenvalue weighted by atomic mass is 32.2. The molecule has 0 radical (unpaired) electrons. The number of ether oxygens (including phenoxy) is 1. The molecule has 2 N–H and O–H groups in total. The monoisotopic (exact) mass is 278 g/mol. The molecular formula is C11H22N2O4S. The van der Waals surface area contributed by atoms with E-state index in [0.717, 1.165) is 6.54 Å². The first-order chi connectivity index (χ1) is 8.44. The molecule has 2 saturated heterocycles. The van der Waals surface area contributed by atoms with E-state index in [1.165, 1.54) is 4.31 Å². The van der Waals surface area contributed by atoms with Gasteiger partial charge in [0.25, 0.3) is 0 Å². The molecular weight excluding hydrogens is 256 g/mol. The van der Waals surface area contributed by atoms with E-state index in [1.54, 1.807) is 7.05 Å². The number of hydrogen-bond acceptors (Lipinski definition) is 5. The van der Waals surface area contributed by atoms with Gasteiger partial charge in [-0.15, -0.1) is 0 Å². The van der Waals surface area contributed by atoms with E-state index < -0.39 is 15.6 Å². The summed E-state index contributed by atoms with van der Waals surface area (Å²) >= 11 is 0. The van der Waals surface area contributed by atoms with Crippen molar-refractivity contribution < 1.29 is 18.3 Å². The summed E-state index contributed by atoms with van der Waals surface area (Å²) in [5.74, 6) is 0. The van der Waals surface area contributed by atoms with Crippen LogP contribution >= 0.6 is 0 Å². The Labute approximate surface area is 108 Å². The summed E-state index contributed by atoms with van der Waals surface area (Å²) in [5, 5.41) is 12.9. The lowest BCUT2D eigenvalue weighted by Gasteiger charge is -2.31. The van der Waals surface area contributed by atoms with Crippen LogP contribution in [-0.2, 0) is 14.8 Å². The van der Waals surface area contributed by atoms with Crippen molar-refractivity contribution >= 4 is 10.0 Å². The van der Waals surface area contributed by atoms with Gasteiger partial charge in [-0.05, 0) is 25.8 Å². The number of hydrogen-bond donors (Lipinski definition) is 2. The lowest BCUT2D eigenvalue weighted by atomic mass is 10.0. The molecule has 0 aromatic carbocycles. The molecule has 106 valence electrons. The van der Waals surface area contributed by atoms with Gasteiger partial charge >= 0.3 is 0 Å². The average Bonchev–Trinajstić information content (AvgIpc) is 2.77. The second kappa shape index (κ2) is 5.42. The third kappa shape index (κ3) is 3.03. The maximum Gasteiger partial charge on any atom is 0.217 e. The van der Waals surface area contributed by atoms with E-state index in [4.69, 9.17) is 4.74 Å². The Morgan fingerprint density at radius 3 is 2.67 bits per heavy atom. The summed E-state index contributed by atoms with van der Waals surface area (Å²) in [5.41, 5.74) is -0.924. The molecule has 2 aliphatic rings. The third-order valence-corrected chi connectivity index (χ3v) is 6.07. The fraction of sp³-hybridized carbons (Fsp3) is 1.00. The minimum absolute atomic E-state index is 0.166. The van der Waals surface area contributed by atoms with Gasteiger partial charge in [0.2, 0.25) is 10.0 Å². The van der Waals surface area contributed by atoms with Crippen molar-refractivity contribution in [3.05, 3.63) is 0 Å². The van der Waals surface area contributed by atoms with Crippen LogP contribution in [0.5, 0.6) is 0 Å². The second-order valence-corrected chi connectivity index (χ2v) is 7.58. The van der Waals surface area contributed by atoms with Crippen LogP contribution in [0, 0.1) is 0 Å². The number of nitrogens with zero attached hydrogens (tertiary/aromatic N) is 1. The fourth-order valence-corrected chi connectivity index (χ4v) is 4.32. The predicted molar refractivity (Wildman–Crippen MR) is 67.8 cm³/mol. The van der Waals surface area contributed by atoms with E-state index in [1.807, 2.05) is 0 Å². The topological polar surface area (TPSA) is 78.9 Å². The predicted octanol–water partition coefficient (Wildman–Crippen LogP) is -0.849. The van der Waals surface area contributed by atoms with Gasteiger partial charge in [-0.2, -0.15) is 0 Å². The number of nitrogens with one attached hydrogen (secondary N) is 1. The highest BCUT2D eigenvalue weighted by Gasteiger charge is 2.38. The molecule has 1 unspecified atom stereocenters. The van der Waals surface area contributed by atoms with Crippen molar-refractivity contribution in [3.8, 4) is 0 Å². The van der Waals surface area contributed by atoms with Crippen LogP contribution in [0.15, 0.2) is 0 Å². The molecule has 0 aromatic heterocycles. The fourth-order valence-electron chi connectivity index (χ4n) is 2.60. The highest BCUT2D eigenvalue weighted by Crippen LogP contribution is 2.22. The van der Waals surface area contributed by atoms with Crippen LogP contribution in [0.1, 0.15) is 19.3 Å². The van der Waals surface area contributed by atoms with Gasteiger partial charge in [-0.3, -0.25) is 0 Å².